The predicted octanol–water partition coefficient (Wildman–Crippen LogP) is 2.43. The summed E-state index contributed by atoms with van der Waals surface area (Å²) in [5.74, 6) is 0.493. The monoisotopic (exact) mass is 349 g/mol. The second-order valence-electron chi connectivity index (χ2n) is 6.68. The molecule has 3 heterocycles. The number of rotatable bonds is 6. The van der Waals surface area contributed by atoms with Crippen LogP contribution in [0, 0.1) is 19.8 Å². The van der Waals surface area contributed by atoms with Crippen molar-refractivity contribution in [3.63, 3.8) is 0 Å². The molecule has 1 aliphatic heterocycles. The van der Waals surface area contributed by atoms with Gasteiger partial charge in [0, 0.05) is 69.1 Å². The van der Waals surface area contributed by atoms with Crippen LogP contribution in [0.1, 0.15) is 34.4 Å². The summed E-state index contributed by atoms with van der Waals surface area (Å²) in [6, 6.07) is 0. The molecule has 1 fully saturated rings. The molecule has 6 nitrogen and oxygen atoms in total. The first-order valence-corrected chi connectivity index (χ1v) is 9.23. The minimum atomic E-state index is 0.157. The summed E-state index contributed by atoms with van der Waals surface area (Å²) in [7, 11) is 6.05. The molecular weight excluding hydrogens is 322 g/mol. The van der Waals surface area contributed by atoms with Gasteiger partial charge in [0.05, 0.1) is 11.8 Å². The second kappa shape index (κ2) is 7.21. The smallest absolute Gasteiger partial charge is 0.185 e. The van der Waals surface area contributed by atoms with E-state index in [9.17, 15) is 0 Å². The zero-order valence-electron chi connectivity index (χ0n) is 15.2. The first kappa shape index (κ1) is 17.4. The maximum atomic E-state index is 6.06. The predicted molar refractivity (Wildman–Crippen MR) is 97.6 cm³/mol. The highest BCUT2D eigenvalue weighted by Crippen LogP contribution is 2.37. The van der Waals surface area contributed by atoms with Crippen molar-refractivity contribution >= 4 is 16.5 Å². The zero-order chi connectivity index (χ0) is 17.3. The Morgan fingerprint density at radius 2 is 2.21 bits per heavy atom. The van der Waals surface area contributed by atoms with Gasteiger partial charge in [0.2, 0.25) is 0 Å². The van der Waals surface area contributed by atoms with Gasteiger partial charge in [-0.05, 0) is 20.3 Å². The van der Waals surface area contributed by atoms with Crippen LogP contribution in [0.15, 0.2) is 6.20 Å². The first-order valence-electron chi connectivity index (χ1n) is 8.41. The van der Waals surface area contributed by atoms with E-state index >= 15 is 0 Å². The molecule has 1 aliphatic rings. The molecule has 0 bridgehead atoms. The number of anilines is 1. The molecule has 0 aromatic carbocycles. The molecule has 2 aromatic heterocycles. The van der Waals surface area contributed by atoms with Crippen molar-refractivity contribution in [3.05, 3.63) is 28.0 Å². The molecule has 0 aliphatic carbocycles. The van der Waals surface area contributed by atoms with E-state index in [-0.39, 0.29) is 6.10 Å². The summed E-state index contributed by atoms with van der Waals surface area (Å²) in [5, 5.41) is 9.18. The van der Waals surface area contributed by atoms with Gasteiger partial charge < -0.3 is 15.0 Å². The van der Waals surface area contributed by atoms with Crippen molar-refractivity contribution in [2.45, 2.75) is 32.9 Å². The summed E-state index contributed by atoms with van der Waals surface area (Å²) in [4.78, 5) is 7.73. The van der Waals surface area contributed by atoms with Crippen molar-refractivity contribution in [1.82, 2.24) is 20.1 Å². The molecule has 7 heteroatoms. The molecule has 2 aromatic rings. The van der Waals surface area contributed by atoms with E-state index in [0.717, 1.165) is 36.9 Å². The number of hydrogen-bond donors (Lipinski definition) is 1. The lowest BCUT2D eigenvalue weighted by atomic mass is 9.94. The first-order chi connectivity index (χ1) is 11.5. The summed E-state index contributed by atoms with van der Waals surface area (Å²) in [6.45, 7) is 6.85. The van der Waals surface area contributed by atoms with Gasteiger partial charge in [0.1, 0.15) is 0 Å². The highest BCUT2D eigenvalue weighted by atomic mass is 32.1. The number of thiazole rings is 1. The summed E-state index contributed by atoms with van der Waals surface area (Å²) >= 11 is 1.74. The third-order valence-corrected chi connectivity index (χ3v) is 5.86. The number of aromatic nitrogens is 3. The van der Waals surface area contributed by atoms with Crippen molar-refractivity contribution < 1.29 is 4.74 Å². The Morgan fingerprint density at radius 1 is 1.42 bits per heavy atom. The number of nitrogens with one attached hydrogen (secondary N) is 1. The molecule has 0 saturated carbocycles. The average Bonchev–Trinajstić information content (AvgIpc) is 3.22. The largest absolute Gasteiger partial charge is 0.373 e. The molecule has 0 spiro atoms. The van der Waals surface area contributed by atoms with Crippen LogP contribution in [0.2, 0.25) is 0 Å². The Hall–Kier alpha value is -1.44. The van der Waals surface area contributed by atoms with Gasteiger partial charge in [-0.1, -0.05) is 0 Å². The van der Waals surface area contributed by atoms with Crippen LogP contribution in [0.4, 0.5) is 5.13 Å². The zero-order valence-corrected chi connectivity index (χ0v) is 16.0. The summed E-state index contributed by atoms with van der Waals surface area (Å²) < 4.78 is 8.01. The lowest BCUT2D eigenvalue weighted by molar-refractivity contribution is 0.0894. The summed E-state index contributed by atoms with van der Waals surface area (Å²) in [6.07, 6.45) is 3.22. The van der Waals surface area contributed by atoms with Crippen LogP contribution >= 0.6 is 11.3 Å². The molecule has 1 saturated heterocycles. The Morgan fingerprint density at radius 3 is 2.83 bits per heavy atom. The molecule has 2 unspecified atom stereocenters. The fourth-order valence-corrected chi connectivity index (χ4v) is 4.13. The van der Waals surface area contributed by atoms with Crippen LogP contribution < -0.4 is 10.2 Å². The number of nitrogens with zero attached hydrogens (tertiary/aromatic N) is 4. The van der Waals surface area contributed by atoms with Crippen LogP contribution in [-0.4, -0.2) is 42.0 Å². The van der Waals surface area contributed by atoms with Gasteiger partial charge in [-0.25, -0.2) is 4.98 Å². The third-order valence-electron chi connectivity index (χ3n) is 4.69. The van der Waals surface area contributed by atoms with Gasteiger partial charge in [-0.3, -0.25) is 4.68 Å². The highest BCUT2D eigenvalue weighted by molar-refractivity contribution is 7.15. The molecular formula is C17H27N5OS. The van der Waals surface area contributed by atoms with Gasteiger partial charge in [0.25, 0.3) is 0 Å². The molecule has 3 rings (SSSR count). The Kier molecular flexibility index (Phi) is 5.22. The molecule has 0 amide bonds. The van der Waals surface area contributed by atoms with E-state index in [0.29, 0.717) is 5.92 Å². The molecule has 2 atom stereocenters. The Balaban J connectivity index is 1.60. The Labute approximate surface area is 147 Å². The van der Waals surface area contributed by atoms with Crippen molar-refractivity contribution in [1.29, 1.82) is 0 Å². The van der Waals surface area contributed by atoms with E-state index in [4.69, 9.17) is 4.74 Å². The second-order valence-corrected chi connectivity index (χ2v) is 7.78. The van der Waals surface area contributed by atoms with Gasteiger partial charge >= 0.3 is 0 Å². The fourth-order valence-electron chi connectivity index (χ4n) is 3.33. The minimum Gasteiger partial charge on any atom is -0.373 e. The van der Waals surface area contributed by atoms with Gasteiger partial charge in [0.15, 0.2) is 5.13 Å². The molecule has 0 radical (unpaired) electrons. The van der Waals surface area contributed by atoms with Crippen molar-refractivity contribution in [2.24, 2.45) is 13.0 Å². The Bertz CT molecular complexity index is 693. The average molecular weight is 350 g/mol. The van der Waals surface area contributed by atoms with E-state index in [2.05, 4.69) is 29.2 Å². The van der Waals surface area contributed by atoms with Gasteiger partial charge in [-0.2, -0.15) is 5.10 Å². The third kappa shape index (κ3) is 3.48. The SMILES string of the molecule is Cc1nn(C)c(C)c1C1OCCC1CNCc1cnc(N(C)C)s1. The fraction of sp³-hybridized carbons (Fsp3) is 0.647. The maximum absolute atomic E-state index is 6.06. The van der Waals surface area contributed by atoms with Gasteiger partial charge in [-0.15, -0.1) is 11.3 Å². The van der Waals surface area contributed by atoms with E-state index in [1.807, 2.05) is 36.9 Å². The molecule has 1 N–H and O–H groups in total. The summed E-state index contributed by atoms with van der Waals surface area (Å²) in [5.41, 5.74) is 3.57. The molecule has 132 valence electrons. The van der Waals surface area contributed by atoms with E-state index < -0.39 is 0 Å². The quantitative estimate of drug-likeness (QED) is 0.868. The van der Waals surface area contributed by atoms with Crippen LogP contribution in [0.3, 0.4) is 0 Å². The van der Waals surface area contributed by atoms with E-state index in [1.165, 1.54) is 16.1 Å². The molecule has 24 heavy (non-hydrogen) atoms. The highest BCUT2D eigenvalue weighted by Gasteiger charge is 2.33. The normalized spacial score (nSPS) is 20.7. The van der Waals surface area contributed by atoms with Crippen LogP contribution in [0.5, 0.6) is 0 Å². The lowest BCUT2D eigenvalue weighted by Crippen LogP contribution is -2.24. The topological polar surface area (TPSA) is 55.2 Å². The number of hydrogen-bond acceptors (Lipinski definition) is 6. The maximum Gasteiger partial charge on any atom is 0.185 e. The van der Waals surface area contributed by atoms with E-state index in [1.54, 1.807) is 11.3 Å². The minimum absolute atomic E-state index is 0.157. The number of ether oxygens (including phenoxy) is 1. The van der Waals surface area contributed by atoms with Crippen LogP contribution in [0.25, 0.3) is 0 Å². The number of aryl methyl sites for hydroxylation is 2. The van der Waals surface area contributed by atoms with Crippen LogP contribution in [-0.2, 0) is 18.3 Å². The lowest BCUT2D eigenvalue weighted by Gasteiger charge is -2.19. The standard InChI is InChI=1S/C17H27N5OS/c1-11-15(12(2)22(5)20-11)16-13(6-7-23-16)8-18-9-14-10-19-17(24-14)21(3)4/h10,13,16,18H,6-9H2,1-5H3. The van der Waals surface area contributed by atoms with Crippen molar-refractivity contribution in [3.8, 4) is 0 Å². The van der Waals surface area contributed by atoms with Crippen molar-refractivity contribution in [2.75, 3.05) is 32.1 Å².